The molecule has 2 atom stereocenters. The Morgan fingerprint density at radius 1 is 1.48 bits per heavy atom. The third-order valence-corrected chi connectivity index (χ3v) is 5.86. The molecule has 9 nitrogen and oxygen atoms in total. The Hall–Kier alpha value is -2.33. The van der Waals surface area contributed by atoms with Crippen LogP contribution in [-0.2, 0) is 19.4 Å². The fourth-order valence-corrected chi connectivity index (χ4v) is 3.54. The number of nitrogens with one attached hydrogen (secondary N) is 2. The van der Waals surface area contributed by atoms with Gasteiger partial charge in [0, 0.05) is 19.3 Å². The first-order chi connectivity index (χ1) is 12.0. The largest absolute Gasteiger partial charge is 0.376 e. The van der Waals surface area contributed by atoms with Crippen LogP contribution in [-0.4, -0.2) is 59.0 Å². The van der Waals surface area contributed by atoms with Gasteiger partial charge in [-0.2, -0.15) is 10.1 Å². The average Bonchev–Trinajstić information content (AvgIpc) is 3.31. The van der Waals surface area contributed by atoms with Crippen LogP contribution in [0, 0.1) is 0 Å². The Morgan fingerprint density at radius 2 is 2.32 bits per heavy atom. The number of carbonyl (C=O) groups is 1. The number of H-pyrrole nitrogens is 1. The molecule has 134 valence electrons. The SMILES string of the molecule is CC(C(=O)NCC1CCCO1)S(=O)(=O)c1nc(-c2ccccn2)n[nH]1. The van der Waals surface area contributed by atoms with Crippen molar-refractivity contribution in [3.8, 4) is 11.5 Å². The van der Waals surface area contributed by atoms with Crippen LogP contribution in [0.1, 0.15) is 19.8 Å². The van der Waals surface area contributed by atoms with Crippen molar-refractivity contribution in [1.29, 1.82) is 0 Å². The first-order valence-electron chi connectivity index (χ1n) is 7.95. The number of carbonyl (C=O) groups excluding carboxylic acids is 1. The third-order valence-electron chi connectivity index (χ3n) is 3.99. The van der Waals surface area contributed by atoms with E-state index in [4.69, 9.17) is 4.74 Å². The number of amides is 1. The predicted molar refractivity (Wildman–Crippen MR) is 88.2 cm³/mol. The number of hydrogen-bond donors (Lipinski definition) is 2. The van der Waals surface area contributed by atoms with Crippen molar-refractivity contribution >= 4 is 15.7 Å². The summed E-state index contributed by atoms with van der Waals surface area (Å²) in [7, 11) is -3.98. The topological polar surface area (TPSA) is 127 Å². The molecule has 1 aliphatic rings. The van der Waals surface area contributed by atoms with E-state index in [0.29, 0.717) is 18.8 Å². The van der Waals surface area contributed by atoms with E-state index in [-0.39, 0.29) is 17.1 Å². The molecule has 0 aromatic carbocycles. The van der Waals surface area contributed by atoms with Gasteiger partial charge in [-0.05, 0) is 31.9 Å². The summed E-state index contributed by atoms with van der Waals surface area (Å²) in [5.74, 6) is -0.433. The van der Waals surface area contributed by atoms with Crippen molar-refractivity contribution in [2.75, 3.05) is 13.2 Å². The molecule has 25 heavy (non-hydrogen) atoms. The molecular weight excluding hydrogens is 346 g/mol. The molecule has 2 aromatic heterocycles. The van der Waals surface area contributed by atoms with Gasteiger partial charge in [0.15, 0.2) is 0 Å². The highest BCUT2D eigenvalue weighted by Crippen LogP contribution is 2.17. The van der Waals surface area contributed by atoms with Gasteiger partial charge in [0.05, 0.1) is 6.10 Å². The number of ether oxygens (including phenoxy) is 1. The van der Waals surface area contributed by atoms with Gasteiger partial charge in [-0.1, -0.05) is 6.07 Å². The second kappa shape index (κ2) is 7.28. The molecule has 2 N–H and O–H groups in total. The first kappa shape index (κ1) is 17.5. The Morgan fingerprint density at radius 3 is 3.00 bits per heavy atom. The van der Waals surface area contributed by atoms with Crippen molar-refractivity contribution < 1.29 is 17.9 Å². The summed E-state index contributed by atoms with van der Waals surface area (Å²) in [6.45, 7) is 2.29. The van der Waals surface area contributed by atoms with Crippen LogP contribution >= 0.6 is 0 Å². The van der Waals surface area contributed by atoms with Gasteiger partial charge in [-0.25, -0.2) is 13.5 Å². The minimum absolute atomic E-state index is 0.0557. The summed E-state index contributed by atoms with van der Waals surface area (Å²) in [4.78, 5) is 20.2. The van der Waals surface area contributed by atoms with E-state index in [1.807, 2.05) is 0 Å². The van der Waals surface area contributed by atoms with Gasteiger partial charge >= 0.3 is 0 Å². The summed E-state index contributed by atoms with van der Waals surface area (Å²) < 4.78 is 30.5. The second-order valence-electron chi connectivity index (χ2n) is 5.75. The molecule has 3 heterocycles. The lowest BCUT2D eigenvalue weighted by Crippen LogP contribution is -2.41. The molecule has 2 aromatic rings. The number of hydrogen-bond acceptors (Lipinski definition) is 7. The smallest absolute Gasteiger partial charge is 0.244 e. The van der Waals surface area contributed by atoms with Crippen LogP contribution in [0.25, 0.3) is 11.5 Å². The van der Waals surface area contributed by atoms with E-state index < -0.39 is 21.0 Å². The van der Waals surface area contributed by atoms with Gasteiger partial charge in [-0.3, -0.25) is 9.78 Å². The van der Waals surface area contributed by atoms with Crippen LogP contribution in [0.15, 0.2) is 29.6 Å². The summed E-state index contributed by atoms with van der Waals surface area (Å²) >= 11 is 0. The van der Waals surface area contributed by atoms with E-state index in [1.165, 1.54) is 6.92 Å². The molecular formula is C15H19N5O4S. The molecule has 0 radical (unpaired) electrons. The Kier molecular flexibility index (Phi) is 5.09. The van der Waals surface area contributed by atoms with Gasteiger partial charge < -0.3 is 10.1 Å². The van der Waals surface area contributed by atoms with Crippen LogP contribution in [0.4, 0.5) is 0 Å². The Bertz CT molecular complexity index is 831. The summed E-state index contributed by atoms with van der Waals surface area (Å²) in [5.41, 5.74) is 0.440. The predicted octanol–water partition coefficient (Wildman–Crippen LogP) is 0.324. The zero-order valence-corrected chi connectivity index (χ0v) is 14.5. The monoisotopic (exact) mass is 365 g/mol. The van der Waals surface area contributed by atoms with Crippen molar-refractivity contribution in [2.24, 2.45) is 0 Å². The number of pyridine rings is 1. The van der Waals surface area contributed by atoms with Crippen LogP contribution in [0.3, 0.4) is 0 Å². The summed E-state index contributed by atoms with van der Waals surface area (Å²) in [5, 5.41) is 7.23. The number of aromatic nitrogens is 4. The normalized spacial score (nSPS) is 18.8. The molecule has 1 fully saturated rings. The van der Waals surface area contributed by atoms with Crippen molar-refractivity contribution in [3.05, 3.63) is 24.4 Å². The molecule has 2 unspecified atom stereocenters. The minimum Gasteiger partial charge on any atom is -0.376 e. The molecule has 1 aliphatic heterocycles. The number of rotatable bonds is 6. The van der Waals surface area contributed by atoms with Crippen LogP contribution < -0.4 is 5.32 Å². The van der Waals surface area contributed by atoms with Crippen molar-refractivity contribution in [3.63, 3.8) is 0 Å². The van der Waals surface area contributed by atoms with Crippen LogP contribution in [0.2, 0.25) is 0 Å². The Balaban J connectivity index is 1.70. The molecule has 0 spiro atoms. The summed E-state index contributed by atoms with van der Waals surface area (Å²) in [6, 6.07) is 5.14. The summed E-state index contributed by atoms with van der Waals surface area (Å²) in [6.07, 6.45) is 3.31. The fraction of sp³-hybridized carbons (Fsp3) is 0.467. The minimum atomic E-state index is -3.98. The number of nitrogens with zero attached hydrogens (tertiary/aromatic N) is 3. The lowest BCUT2D eigenvalue weighted by molar-refractivity contribution is -0.120. The van der Waals surface area contributed by atoms with E-state index in [0.717, 1.165) is 12.8 Å². The molecule has 1 amide bonds. The fourth-order valence-electron chi connectivity index (χ4n) is 2.46. The standard InChI is InChI=1S/C15H19N5O4S/c1-10(14(21)17-9-11-5-4-8-24-11)25(22,23)15-18-13(19-20-15)12-6-2-3-7-16-12/h2-3,6-7,10-11H,4-5,8-9H2,1H3,(H,17,21)(H,18,19,20). The lowest BCUT2D eigenvalue weighted by atomic mass is 10.2. The van der Waals surface area contributed by atoms with E-state index >= 15 is 0 Å². The molecule has 0 bridgehead atoms. The highest BCUT2D eigenvalue weighted by atomic mass is 32.2. The average molecular weight is 365 g/mol. The van der Waals surface area contributed by atoms with Crippen LogP contribution in [0.5, 0.6) is 0 Å². The van der Waals surface area contributed by atoms with Gasteiger partial charge in [0.1, 0.15) is 10.9 Å². The highest BCUT2D eigenvalue weighted by molar-refractivity contribution is 7.92. The molecule has 0 saturated carbocycles. The maximum Gasteiger partial charge on any atom is 0.244 e. The number of sulfone groups is 1. The molecule has 1 saturated heterocycles. The quantitative estimate of drug-likeness (QED) is 0.755. The third kappa shape index (κ3) is 3.85. The van der Waals surface area contributed by atoms with Gasteiger partial charge in [-0.15, -0.1) is 0 Å². The maximum atomic E-state index is 12.6. The van der Waals surface area contributed by atoms with Gasteiger partial charge in [0.2, 0.25) is 26.7 Å². The lowest BCUT2D eigenvalue weighted by Gasteiger charge is -2.14. The second-order valence-corrected chi connectivity index (χ2v) is 7.93. The molecule has 3 rings (SSSR count). The van der Waals surface area contributed by atoms with Crippen molar-refractivity contribution in [1.82, 2.24) is 25.5 Å². The maximum absolute atomic E-state index is 12.6. The Labute approximate surface area is 145 Å². The molecule has 0 aliphatic carbocycles. The van der Waals surface area contributed by atoms with Gasteiger partial charge in [0.25, 0.3) is 0 Å². The molecule has 10 heteroatoms. The highest BCUT2D eigenvalue weighted by Gasteiger charge is 2.33. The van der Waals surface area contributed by atoms with E-state index in [9.17, 15) is 13.2 Å². The van der Waals surface area contributed by atoms with E-state index in [1.54, 1.807) is 24.4 Å². The number of aromatic amines is 1. The zero-order valence-electron chi connectivity index (χ0n) is 13.7. The van der Waals surface area contributed by atoms with Crippen molar-refractivity contribution in [2.45, 2.75) is 36.3 Å². The first-order valence-corrected chi connectivity index (χ1v) is 9.50. The zero-order chi connectivity index (χ0) is 17.9. The van der Waals surface area contributed by atoms with E-state index in [2.05, 4.69) is 25.5 Å².